The lowest BCUT2D eigenvalue weighted by Gasteiger charge is -2.05. The van der Waals surface area contributed by atoms with Crippen LogP contribution in [0.3, 0.4) is 0 Å². The number of phenolic OH excluding ortho intramolecular Hbond substituents is 1. The summed E-state index contributed by atoms with van der Waals surface area (Å²) < 4.78 is 5.37. The van der Waals surface area contributed by atoms with Crippen LogP contribution in [0.5, 0.6) is 11.5 Å². The van der Waals surface area contributed by atoms with Gasteiger partial charge in [0.1, 0.15) is 11.5 Å². The zero-order valence-electron chi connectivity index (χ0n) is 12.5. The number of nitrogens with zero attached hydrogens (tertiary/aromatic N) is 2. The van der Waals surface area contributed by atoms with Gasteiger partial charge in [0.15, 0.2) is 6.61 Å². The van der Waals surface area contributed by atoms with Crippen LogP contribution in [0, 0.1) is 10.1 Å². The number of hydrogen-bond acceptors (Lipinski definition) is 6. The number of hydrogen-bond donors (Lipinski definition) is 2. The van der Waals surface area contributed by atoms with E-state index in [1.165, 1.54) is 0 Å². The van der Waals surface area contributed by atoms with E-state index in [0.717, 1.165) is 18.3 Å². The Morgan fingerprint density at radius 1 is 1.40 bits per heavy atom. The predicted molar refractivity (Wildman–Crippen MR) is 95.1 cm³/mol. The molecule has 25 heavy (non-hydrogen) atoms. The van der Waals surface area contributed by atoms with Gasteiger partial charge in [0.2, 0.25) is 0 Å². The van der Waals surface area contributed by atoms with Crippen molar-refractivity contribution < 1.29 is 19.6 Å². The lowest BCUT2D eigenvalue weighted by atomic mass is 10.2. The van der Waals surface area contributed by atoms with Gasteiger partial charge in [0.25, 0.3) is 11.6 Å². The first kappa shape index (κ1) is 18.7. The number of carbonyl (C=O) groups excluding carboxylic acids is 1. The molecule has 8 nitrogen and oxygen atoms in total. The Bertz CT molecular complexity index is 827. The Balaban J connectivity index is 1.95. The van der Waals surface area contributed by atoms with Crippen LogP contribution in [0.2, 0.25) is 5.02 Å². The van der Waals surface area contributed by atoms with Gasteiger partial charge < -0.3 is 9.84 Å². The molecule has 0 fully saturated rings. The SMILES string of the molecule is O=C(COc1ccc(Cl)cc1)N/N=C\c1cc([N+](=O)[O-])cc(Br)c1O. The number of aromatic hydroxyl groups is 1. The van der Waals surface area contributed by atoms with Gasteiger partial charge in [-0.2, -0.15) is 5.10 Å². The van der Waals surface area contributed by atoms with Crippen molar-refractivity contribution in [1.29, 1.82) is 0 Å². The molecular formula is C15H11BrClN3O5. The highest BCUT2D eigenvalue weighted by molar-refractivity contribution is 9.10. The number of nitro benzene ring substituents is 1. The van der Waals surface area contributed by atoms with Crippen LogP contribution in [0.15, 0.2) is 46.0 Å². The summed E-state index contributed by atoms with van der Waals surface area (Å²) in [5, 5.41) is 24.8. The molecule has 0 spiro atoms. The zero-order valence-corrected chi connectivity index (χ0v) is 14.8. The summed E-state index contributed by atoms with van der Waals surface area (Å²) in [6.07, 6.45) is 1.09. The van der Waals surface area contributed by atoms with Crippen molar-refractivity contribution in [3.8, 4) is 11.5 Å². The van der Waals surface area contributed by atoms with E-state index in [0.29, 0.717) is 10.8 Å². The number of nitro groups is 1. The maximum atomic E-state index is 11.6. The van der Waals surface area contributed by atoms with Crippen molar-refractivity contribution in [2.24, 2.45) is 5.10 Å². The van der Waals surface area contributed by atoms with Crippen molar-refractivity contribution in [2.45, 2.75) is 0 Å². The number of ether oxygens (including phenoxy) is 1. The molecule has 0 unspecified atom stereocenters. The standard InChI is InChI=1S/C15H11BrClN3O5/c16-13-6-11(20(23)24)5-9(15(13)22)7-18-19-14(21)8-25-12-3-1-10(17)2-4-12/h1-7,22H,8H2,(H,19,21)/b18-7-. The Kier molecular flexibility index (Phi) is 6.31. The number of non-ortho nitro benzene ring substituents is 1. The van der Waals surface area contributed by atoms with Gasteiger partial charge in [-0.1, -0.05) is 11.6 Å². The summed E-state index contributed by atoms with van der Waals surface area (Å²) in [5.41, 5.74) is 2.03. The topological polar surface area (TPSA) is 114 Å². The van der Waals surface area contributed by atoms with Gasteiger partial charge >= 0.3 is 0 Å². The summed E-state index contributed by atoms with van der Waals surface area (Å²) in [4.78, 5) is 21.8. The third kappa shape index (κ3) is 5.44. The van der Waals surface area contributed by atoms with Crippen LogP contribution in [0.1, 0.15) is 5.56 Å². The Morgan fingerprint density at radius 2 is 2.08 bits per heavy atom. The quantitative estimate of drug-likeness (QED) is 0.416. The molecule has 2 N–H and O–H groups in total. The fourth-order valence-corrected chi connectivity index (χ4v) is 2.28. The second-order valence-electron chi connectivity index (χ2n) is 4.66. The van der Waals surface area contributed by atoms with E-state index in [9.17, 15) is 20.0 Å². The molecule has 130 valence electrons. The minimum atomic E-state index is -0.611. The highest BCUT2D eigenvalue weighted by Gasteiger charge is 2.13. The van der Waals surface area contributed by atoms with E-state index in [1.54, 1.807) is 24.3 Å². The molecule has 0 saturated heterocycles. The number of benzene rings is 2. The van der Waals surface area contributed by atoms with Crippen LogP contribution in [-0.4, -0.2) is 28.8 Å². The molecule has 0 bridgehead atoms. The third-order valence-corrected chi connectivity index (χ3v) is 3.72. The monoisotopic (exact) mass is 427 g/mol. The molecule has 2 aromatic carbocycles. The molecule has 0 aliphatic carbocycles. The normalized spacial score (nSPS) is 10.6. The van der Waals surface area contributed by atoms with E-state index >= 15 is 0 Å². The number of amides is 1. The molecule has 0 radical (unpaired) electrons. The van der Waals surface area contributed by atoms with Gasteiger partial charge in [0.05, 0.1) is 15.6 Å². The second-order valence-corrected chi connectivity index (χ2v) is 5.95. The number of nitrogens with one attached hydrogen (secondary N) is 1. The summed E-state index contributed by atoms with van der Waals surface area (Å²) in [6, 6.07) is 8.74. The van der Waals surface area contributed by atoms with Gasteiger partial charge in [-0.05, 0) is 40.2 Å². The number of carbonyl (C=O) groups is 1. The van der Waals surface area contributed by atoms with Crippen LogP contribution in [-0.2, 0) is 4.79 Å². The highest BCUT2D eigenvalue weighted by Crippen LogP contribution is 2.31. The molecule has 0 heterocycles. The van der Waals surface area contributed by atoms with Crippen LogP contribution in [0.25, 0.3) is 0 Å². The lowest BCUT2D eigenvalue weighted by molar-refractivity contribution is -0.385. The van der Waals surface area contributed by atoms with Crippen molar-refractivity contribution >= 4 is 45.3 Å². The molecule has 0 saturated carbocycles. The van der Waals surface area contributed by atoms with Gasteiger partial charge in [-0.15, -0.1) is 0 Å². The number of hydrazone groups is 1. The van der Waals surface area contributed by atoms with E-state index in [-0.39, 0.29) is 28.1 Å². The average Bonchev–Trinajstić information content (AvgIpc) is 2.57. The summed E-state index contributed by atoms with van der Waals surface area (Å²) in [7, 11) is 0. The molecular weight excluding hydrogens is 418 g/mol. The second kappa shape index (κ2) is 8.45. The van der Waals surface area contributed by atoms with Crippen molar-refractivity contribution in [1.82, 2.24) is 5.43 Å². The first-order chi connectivity index (χ1) is 11.9. The van der Waals surface area contributed by atoms with Crippen LogP contribution >= 0.6 is 27.5 Å². The number of phenols is 1. The fourth-order valence-electron chi connectivity index (χ4n) is 1.70. The zero-order chi connectivity index (χ0) is 18.4. The summed E-state index contributed by atoms with van der Waals surface area (Å²) in [6.45, 7) is -0.288. The first-order valence-electron chi connectivity index (χ1n) is 6.74. The maximum absolute atomic E-state index is 11.6. The average molecular weight is 429 g/mol. The summed E-state index contributed by atoms with van der Waals surface area (Å²) >= 11 is 8.74. The number of halogens is 2. The summed E-state index contributed by atoms with van der Waals surface area (Å²) in [5.74, 6) is -0.319. The van der Waals surface area contributed by atoms with Crippen LogP contribution in [0.4, 0.5) is 5.69 Å². The molecule has 0 aliphatic heterocycles. The van der Waals surface area contributed by atoms with E-state index in [4.69, 9.17) is 16.3 Å². The van der Waals surface area contributed by atoms with E-state index in [1.807, 2.05) is 0 Å². The molecule has 0 aliphatic rings. The smallest absolute Gasteiger partial charge is 0.277 e. The molecule has 2 aromatic rings. The third-order valence-electron chi connectivity index (χ3n) is 2.86. The largest absolute Gasteiger partial charge is 0.506 e. The van der Waals surface area contributed by atoms with Gasteiger partial charge in [0, 0.05) is 22.7 Å². The molecule has 0 aromatic heterocycles. The first-order valence-corrected chi connectivity index (χ1v) is 7.91. The minimum Gasteiger partial charge on any atom is -0.506 e. The predicted octanol–water partition coefficient (Wildman–Crippen LogP) is 3.25. The fraction of sp³-hybridized carbons (Fsp3) is 0.0667. The van der Waals surface area contributed by atoms with Crippen molar-refractivity contribution in [3.63, 3.8) is 0 Å². The molecule has 0 atom stereocenters. The van der Waals surface area contributed by atoms with Crippen molar-refractivity contribution in [2.75, 3.05) is 6.61 Å². The van der Waals surface area contributed by atoms with E-state index in [2.05, 4.69) is 26.5 Å². The molecule has 1 amide bonds. The van der Waals surface area contributed by atoms with Crippen molar-refractivity contribution in [3.05, 3.63) is 61.6 Å². The Labute approximate surface area is 155 Å². The minimum absolute atomic E-state index is 0.0694. The maximum Gasteiger partial charge on any atom is 0.277 e. The van der Waals surface area contributed by atoms with Gasteiger partial charge in [-0.25, -0.2) is 5.43 Å². The number of rotatable bonds is 6. The Hall–Kier alpha value is -2.65. The highest BCUT2D eigenvalue weighted by atomic mass is 79.9. The van der Waals surface area contributed by atoms with Crippen LogP contribution < -0.4 is 10.2 Å². The lowest BCUT2D eigenvalue weighted by Crippen LogP contribution is -2.24. The Morgan fingerprint density at radius 3 is 2.72 bits per heavy atom. The van der Waals surface area contributed by atoms with Gasteiger partial charge in [-0.3, -0.25) is 14.9 Å². The molecule has 10 heteroatoms. The molecule has 2 rings (SSSR count). The van der Waals surface area contributed by atoms with E-state index < -0.39 is 10.8 Å².